The topological polar surface area (TPSA) is 29.9 Å². The van der Waals surface area contributed by atoms with E-state index < -0.39 is 0 Å². The molecule has 0 aliphatic heterocycles. The minimum Gasteiger partial charge on any atom is -0.372 e. The Morgan fingerprint density at radius 3 is 2.39 bits per heavy atom. The first-order valence-electron chi connectivity index (χ1n) is 9.83. The van der Waals surface area contributed by atoms with Gasteiger partial charge in [-0.1, -0.05) is 42.5 Å². The summed E-state index contributed by atoms with van der Waals surface area (Å²) in [4.78, 5) is 3.51. The van der Waals surface area contributed by atoms with Crippen LogP contribution in [0, 0.1) is 6.92 Å². The Kier molecular flexibility index (Phi) is 3.99. The van der Waals surface area contributed by atoms with Gasteiger partial charge < -0.3 is 14.3 Å². The van der Waals surface area contributed by atoms with Crippen LogP contribution in [0.3, 0.4) is 0 Å². The van der Waals surface area contributed by atoms with Crippen molar-refractivity contribution < 1.29 is 4.74 Å². The van der Waals surface area contributed by atoms with Crippen molar-refractivity contribution in [2.75, 3.05) is 7.11 Å². The van der Waals surface area contributed by atoms with Crippen molar-refractivity contribution in [3.63, 3.8) is 0 Å². The Balaban J connectivity index is 1.75. The van der Waals surface area contributed by atoms with E-state index in [4.69, 9.17) is 4.74 Å². The summed E-state index contributed by atoms with van der Waals surface area (Å²) in [6, 6.07) is 23.8. The number of rotatable bonds is 4. The van der Waals surface area contributed by atoms with Crippen molar-refractivity contribution in [1.29, 1.82) is 0 Å². The molecule has 0 radical (unpaired) electrons. The Labute approximate surface area is 164 Å². The molecule has 140 valence electrons. The zero-order valence-electron chi connectivity index (χ0n) is 16.5. The Bertz CT molecular complexity index is 1310. The van der Waals surface area contributed by atoms with Crippen LogP contribution in [0.25, 0.3) is 32.7 Å². The van der Waals surface area contributed by atoms with E-state index in [2.05, 4.69) is 90.1 Å². The second kappa shape index (κ2) is 6.54. The maximum Gasteiger partial charge on any atom is 0.109 e. The lowest BCUT2D eigenvalue weighted by atomic mass is 9.97. The molecular weight excluding hydrogens is 344 g/mol. The van der Waals surface area contributed by atoms with E-state index in [9.17, 15) is 0 Å². The molecule has 0 bridgehead atoms. The number of ether oxygens (including phenoxy) is 1. The van der Waals surface area contributed by atoms with Crippen molar-refractivity contribution in [3.05, 3.63) is 83.6 Å². The van der Waals surface area contributed by atoms with Crippen molar-refractivity contribution in [2.45, 2.75) is 26.5 Å². The summed E-state index contributed by atoms with van der Waals surface area (Å²) in [6.07, 6.45) is -0.107. The largest absolute Gasteiger partial charge is 0.372 e. The number of aryl methyl sites for hydroxylation is 2. The molecule has 0 aliphatic carbocycles. The highest BCUT2D eigenvalue weighted by Gasteiger charge is 2.21. The van der Waals surface area contributed by atoms with Gasteiger partial charge in [-0.2, -0.15) is 0 Å². The molecule has 5 aromatic rings. The van der Waals surface area contributed by atoms with Crippen LogP contribution in [-0.2, 0) is 11.3 Å². The maximum absolute atomic E-state index is 6.04. The highest BCUT2D eigenvalue weighted by Crippen LogP contribution is 2.37. The van der Waals surface area contributed by atoms with E-state index in [1.54, 1.807) is 7.11 Å². The Morgan fingerprint density at radius 2 is 1.61 bits per heavy atom. The molecule has 2 heterocycles. The lowest BCUT2D eigenvalue weighted by molar-refractivity contribution is 0.137. The smallest absolute Gasteiger partial charge is 0.109 e. The number of H-pyrrole nitrogens is 1. The van der Waals surface area contributed by atoms with Gasteiger partial charge in [-0.3, -0.25) is 0 Å². The lowest BCUT2D eigenvalue weighted by Crippen LogP contribution is -2.04. The molecule has 1 unspecified atom stereocenters. The van der Waals surface area contributed by atoms with E-state index in [0.717, 1.165) is 17.8 Å². The summed E-state index contributed by atoms with van der Waals surface area (Å²) in [5.41, 5.74) is 7.27. The fraction of sp³-hybridized carbons (Fsp3) is 0.200. The van der Waals surface area contributed by atoms with E-state index in [1.165, 1.54) is 38.3 Å². The molecule has 0 saturated heterocycles. The molecule has 0 amide bonds. The van der Waals surface area contributed by atoms with E-state index in [-0.39, 0.29) is 6.10 Å². The predicted octanol–water partition coefficient (Wildman–Crippen LogP) is 6.34. The van der Waals surface area contributed by atoms with Crippen LogP contribution in [-0.4, -0.2) is 16.7 Å². The average molecular weight is 368 g/mol. The monoisotopic (exact) mass is 368 g/mol. The molecule has 2 aromatic heterocycles. The maximum atomic E-state index is 6.04. The lowest BCUT2D eigenvalue weighted by Gasteiger charge is -2.17. The molecule has 0 saturated carbocycles. The normalized spacial score (nSPS) is 13.0. The second-order valence-electron chi connectivity index (χ2n) is 7.36. The van der Waals surface area contributed by atoms with Crippen LogP contribution in [0.4, 0.5) is 0 Å². The number of nitrogens with zero attached hydrogens (tertiary/aromatic N) is 1. The van der Waals surface area contributed by atoms with Crippen molar-refractivity contribution in [1.82, 2.24) is 9.55 Å². The quantitative estimate of drug-likeness (QED) is 0.394. The second-order valence-corrected chi connectivity index (χ2v) is 7.36. The van der Waals surface area contributed by atoms with Gasteiger partial charge in [0.1, 0.15) is 6.10 Å². The number of aromatic nitrogens is 2. The highest BCUT2D eigenvalue weighted by atomic mass is 16.5. The van der Waals surface area contributed by atoms with Gasteiger partial charge in [0, 0.05) is 57.6 Å². The Morgan fingerprint density at radius 1 is 0.893 bits per heavy atom. The van der Waals surface area contributed by atoms with Gasteiger partial charge >= 0.3 is 0 Å². The zero-order chi connectivity index (χ0) is 19.3. The van der Waals surface area contributed by atoms with Gasteiger partial charge in [-0.25, -0.2) is 0 Å². The van der Waals surface area contributed by atoms with Crippen LogP contribution in [0.15, 0.2) is 66.7 Å². The first-order valence-corrected chi connectivity index (χ1v) is 9.83. The standard InChI is InChI=1S/C25H24N2O/c1-4-27-22-12-8-6-9-18(22)20-15-17(13-14-23(20)27)25(28-3)24-16(2)26-21-11-7-5-10-19(21)24/h5-15,25-26H,4H2,1-3H3. The summed E-state index contributed by atoms with van der Waals surface area (Å²) in [5, 5.41) is 3.81. The summed E-state index contributed by atoms with van der Waals surface area (Å²) >= 11 is 0. The molecule has 28 heavy (non-hydrogen) atoms. The first-order chi connectivity index (χ1) is 13.7. The van der Waals surface area contributed by atoms with Gasteiger partial charge in [0.15, 0.2) is 0 Å². The average Bonchev–Trinajstić information content (AvgIpc) is 3.23. The highest BCUT2D eigenvalue weighted by molar-refractivity contribution is 6.08. The number of nitrogens with one attached hydrogen (secondary N) is 1. The molecule has 3 nitrogen and oxygen atoms in total. The predicted molar refractivity (Wildman–Crippen MR) is 117 cm³/mol. The molecule has 5 rings (SSSR count). The van der Waals surface area contributed by atoms with Crippen LogP contribution >= 0.6 is 0 Å². The van der Waals surface area contributed by atoms with Gasteiger partial charge in [0.05, 0.1) is 0 Å². The third-order valence-corrected chi connectivity index (χ3v) is 5.86. The molecule has 1 atom stereocenters. The first kappa shape index (κ1) is 17.1. The molecule has 0 spiro atoms. The minimum atomic E-state index is -0.107. The summed E-state index contributed by atoms with van der Waals surface area (Å²) in [5.74, 6) is 0. The number of fused-ring (bicyclic) bond motifs is 4. The summed E-state index contributed by atoms with van der Waals surface area (Å²) in [7, 11) is 1.80. The van der Waals surface area contributed by atoms with Crippen LogP contribution in [0.2, 0.25) is 0 Å². The van der Waals surface area contributed by atoms with Crippen LogP contribution in [0.1, 0.15) is 29.8 Å². The number of hydrogen-bond acceptors (Lipinski definition) is 1. The van der Waals surface area contributed by atoms with Crippen LogP contribution < -0.4 is 0 Å². The van der Waals surface area contributed by atoms with Gasteiger partial charge in [-0.15, -0.1) is 0 Å². The van der Waals surface area contributed by atoms with E-state index in [1.807, 2.05) is 0 Å². The fourth-order valence-electron chi connectivity index (χ4n) is 4.63. The van der Waals surface area contributed by atoms with Crippen LogP contribution in [0.5, 0.6) is 0 Å². The number of aromatic amines is 1. The number of para-hydroxylation sites is 2. The Hall–Kier alpha value is -3.04. The minimum absolute atomic E-state index is 0.107. The molecular formula is C25H24N2O. The van der Waals surface area contributed by atoms with E-state index in [0.29, 0.717) is 0 Å². The third kappa shape index (κ3) is 2.40. The van der Waals surface area contributed by atoms with Gasteiger partial charge in [0.25, 0.3) is 0 Å². The van der Waals surface area contributed by atoms with E-state index >= 15 is 0 Å². The van der Waals surface area contributed by atoms with Crippen molar-refractivity contribution in [3.8, 4) is 0 Å². The number of methoxy groups -OCH3 is 1. The molecule has 3 heteroatoms. The van der Waals surface area contributed by atoms with Gasteiger partial charge in [0.2, 0.25) is 0 Å². The molecule has 3 aromatic carbocycles. The van der Waals surface area contributed by atoms with Crippen molar-refractivity contribution >= 4 is 32.7 Å². The molecule has 0 aliphatic rings. The third-order valence-electron chi connectivity index (χ3n) is 5.86. The molecule has 1 N–H and O–H groups in total. The van der Waals surface area contributed by atoms with Gasteiger partial charge in [-0.05, 0) is 43.7 Å². The fourth-order valence-corrected chi connectivity index (χ4v) is 4.63. The molecule has 0 fully saturated rings. The summed E-state index contributed by atoms with van der Waals surface area (Å²) in [6.45, 7) is 5.29. The SMILES string of the molecule is CCn1c2ccccc2c2cc(C(OC)c3c(C)[nH]c4ccccc34)ccc21. The summed E-state index contributed by atoms with van der Waals surface area (Å²) < 4.78 is 8.42. The van der Waals surface area contributed by atoms with Crippen molar-refractivity contribution in [2.24, 2.45) is 0 Å². The number of benzene rings is 3. The zero-order valence-corrected chi connectivity index (χ0v) is 16.5. The number of hydrogen-bond donors (Lipinski definition) is 1.